The predicted molar refractivity (Wildman–Crippen MR) is 78.3 cm³/mol. The number of halogens is 1. The molecule has 2 atom stereocenters. The average molecular weight is 303 g/mol. The molecular formula is C16H15BrO. The number of hydrogen-bond acceptors (Lipinski definition) is 1. The molecule has 0 aliphatic carbocycles. The summed E-state index contributed by atoms with van der Waals surface area (Å²) in [5.41, 5.74) is 1.92. The van der Waals surface area contributed by atoms with Crippen molar-refractivity contribution in [1.29, 1.82) is 0 Å². The Balaban J connectivity index is 2.17. The number of rotatable bonds is 4. The summed E-state index contributed by atoms with van der Waals surface area (Å²) in [4.78, 5) is 12.1. The third-order valence-corrected chi connectivity index (χ3v) is 4.28. The molecule has 0 spiro atoms. The Hall–Kier alpha value is -1.41. The minimum atomic E-state index is -0.192. The highest BCUT2D eigenvalue weighted by atomic mass is 79.9. The van der Waals surface area contributed by atoms with Crippen molar-refractivity contribution in [2.75, 3.05) is 0 Å². The summed E-state index contributed by atoms with van der Waals surface area (Å²) in [6.45, 7) is 2.07. The van der Waals surface area contributed by atoms with Gasteiger partial charge in [0, 0.05) is 11.5 Å². The van der Waals surface area contributed by atoms with Gasteiger partial charge in [-0.3, -0.25) is 4.79 Å². The zero-order chi connectivity index (χ0) is 13.0. The van der Waals surface area contributed by atoms with Gasteiger partial charge in [-0.1, -0.05) is 83.5 Å². The maximum Gasteiger partial charge on any atom is 0.177 e. The zero-order valence-electron chi connectivity index (χ0n) is 10.2. The lowest BCUT2D eigenvalue weighted by atomic mass is 9.93. The highest BCUT2D eigenvalue weighted by Crippen LogP contribution is 2.27. The normalized spacial score (nSPS) is 13.9. The van der Waals surface area contributed by atoms with Crippen LogP contribution in [0.3, 0.4) is 0 Å². The summed E-state index contributed by atoms with van der Waals surface area (Å²) in [7, 11) is 0. The molecule has 0 aromatic heterocycles. The van der Waals surface area contributed by atoms with E-state index in [1.807, 2.05) is 48.5 Å². The summed E-state index contributed by atoms with van der Waals surface area (Å²) in [6, 6.07) is 19.5. The van der Waals surface area contributed by atoms with Gasteiger partial charge in [-0.25, -0.2) is 0 Å². The van der Waals surface area contributed by atoms with Gasteiger partial charge in [-0.15, -0.1) is 0 Å². The van der Waals surface area contributed by atoms with Crippen LogP contribution >= 0.6 is 15.9 Å². The lowest BCUT2D eigenvalue weighted by molar-refractivity contribution is 0.0985. The molecule has 2 aromatic carbocycles. The smallest absolute Gasteiger partial charge is 0.177 e. The Bertz CT molecular complexity index is 507. The predicted octanol–water partition coefficient (Wildman–Crippen LogP) is 4.44. The second kappa shape index (κ2) is 5.96. The fourth-order valence-electron chi connectivity index (χ4n) is 1.91. The van der Waals surface area contributed by atoms with Gasteiger partial charge in [0.1, 0.15) is 0 Å². The van der Waals surface area contributed by atoms with Gasteiger partial charge in [-0.05, 0) is 5.56 Å². The SMILES string of the molecule is CC(c1ccccc1)C(Br)C(=O)c1ccccc1. The molecule has 0 radical (unpaired) electrons. The Morgan fingerprint density at radius 2 is 1.44 bits per heavy atom. The van der Waals surface area contributed by atoms with Gasteiger partial charge in [0.25, 0.3) is 0 Å². The average Bonchev–Trinajstić information content (AvgIpc) is 2.47. The van der Waals surface area contributed by atoms with Crippen molar-refractivity contribution in [2.45, 2.75) is 17.7 Å². The molecule has 0 fully saturated rings. The van der Waals surface area contributed by atoms with E-state index >= 15 is 0 Å². The van der Waals surface area contributed by atoms with Crippen LogP contribution in [-0.2, 0) is 0 Å². The molecule has 0 bridgehead atoms. The Morgan fingerprint density at radius 3 is 2.00 bits per heavy atom. The van der Waals surface area contributed by atoms with E-state index in [-0.39, 0.29) is 16.5 Å². The van der Waals surface area contributed by atoms with Crippen molar-refractivity contribution < 1.29 is 4.79 Å². The summed E-state index contributed by atoms with van der Waals surface area (Å²) < 4.78 is 0. The third kappa shape index (κ3) is 2.88. The summed E-state index contributed by atoms with van der Waals surface area (Å²) in [5.74, 6) is 0.283. The maximum absolute atomic E-state index is 12.3. The van der Waals surface area contributed by atoms with Crippen molar-refractivity contribution in [2.24, 2.45) is 0 Å². The van der Waals surface area contributed by atoms with E-state index in [0.717, 1.165) is 5.56 Å². The summed E-state index contributed by atoms with van der Waals surface area (Å²) >= 11 is 3.53. The molecule has 2 heteroatoms. The van der Waals surface area contributed by atoms with Crippen LogP contribution in [0.1, 0.15) is 28.8 Å². The largest absolute Gasteiger partial charge is 0.293 e. The molecule has 0 aliphatic rings. The molecule has 2 aromatic rings. The molecule has 0 heterocycles. The van der Waals surface area contributed by atoms with E-state index in [4.69, 9.17) is 0 Å². The van der Waals surface area contributed by atoms with Gasteiger partial charge in [0.2, 0.25) is 0 Å². The number of benzene rings is 2. The van der Waals surface area contributed by atoms with Gasteiger partial charge in [-0.2, -0.15) is 0 Å². The molecule has 2 rings (SSSR count). The monoisotopic (exact) mass is 302 g/mol. The number of carbonyl (C=O) groups excluding carboxylic acids is 1. The molecule has 2 unspecified atom stereocenters. The zero-order valence-corrected chi connectivity index (χ0v) is 11.8. The Labute approximate surface area is 116 Å². The molecule has 0 saturated carbocycles. The van der Waals surface area contributed by atoms with Crippen LogP contribution in [0.2, 0.25) is 0 Å². The van der Waals surface area contributed by atoms with E-state index < -0.39 is 0 Å². The topological polar surface area (TPSA) is 17.1 Å². The molecule has 18 heavy (non-hydrogen) atoms. The number of hydrogen-bond donors (Lipinski definition) is 0. The van der Waals surface area contributed by atoms with Crippen molar-refractivity contribution in [1.82, 2.24) is 0 Å². The lowest BCUT2D eigenvalue weighted by Crippen LogP contribution is -2.20. The van der Waals surface area contributed by atoms with Crippen LogP contribution in [0, 0.1) is 0 Å². The molecular weight excluding hydrogens is 288 g/mol. The first-order valence-electron chi connectivity index (χ1n) is 5.98. The van der Waals surface area contributed by atoms with Gasteiger partial charge in [0.15, 0.2) is 5.78 Å². The molecule has 92 valence electrons. The highest BCUT2D eigenvalue weighted by Gasteiger charge is 2.24. The van der Waals surface area contributed by atoms with Crippen molar-refractivity contribution in [3.8, 4) is 0 Å². The molecule has 0 amide bonds. The lowest BCUT2D eigenvalue weighted by Gasteiger charge is -2.17. The van der Waals surface area contributed by atoms with E-state index in [2.05, 4.69) is 35.0 Å². The van der Waals surface area contributed by atoms with E-state index in [9.17, 15) is 4.79 Å². The minimum Gasteiger partial charge on any atom is -0.293 e. The fraction of sp³-hybridized carbons (Fsp3) is 0.188. The van der Waals surface area contributed by atoms with Crippen LogP contribution in [-0.4, -0.2) is 10.6 Å². The fourth-order valence-corrected chi connectivity index (χ4v) is 2.48. The second-order valence-electron chi connectivity index (χ2n) is 4.33. The van der Waals surface area contributed by atoms with Crippen molar-refractivity contribution >= 4 is 21.7 Å². The maximum atomic E-state index is 12.3. The summed E-state index contributed by atoms with van der Waals surface area (Å²) in [6.07, 6.45) is 0. The number of alkyl halides is 1. The molecule has 0 aliphatic heterocycles. The van der Waals surface area contributed by atoms with Gasteiger partial charge >= 0.3 is 0 Å². The van der Waals surface area contributed by atoms with E-state index in [1.165, 1.54) is 5.56 Å². The van der Waals surface area contributed by atoms with Crippen molar-refractivity contribution in [3.05, 3.63) is 71.8 Å². The number of Topliss-reactive ketones (excluding diaryl/α,β-unsaturated/α-hetero) is 1. The molecule has 0 saturated heterocycles. The van der Waals surface area contributed by atoms with Crippen LogP contribution in [0.5, 0.6) is 0 Å². The quantitative estimate of drug-likeness (QED) is 0.603. The van der Waals surface area contributed by atoms with Crippen LogP contribution in [0.25, 0.3) is 0 Å². The van der Waals surface area contributed by atoms with Crippen LogP contribution in [0.15, 0.2) is 60.7 Å². The Morgan fingerprint density at radius 1 is 0.944 bits per heavy atom. The first-order valence-corrected chi connectivity index (χ1v) is 6.90. The first-order chi connectivity index (χ1) is 8.70. The Kier molecular flexibility index (Phi) is 4.32. The first kappa shape index (κ1) is 13.0. The van der Waals surface area contributed by atoms with Crippen molar-refractivity contribution in [3.63, 3.8) is 0 Å². The third-order valence-electron chi connectivity index (χ3n) is 3.07. The van der Waals surface area contributed by atoms with E-state index in [1.54, 1.807) is 0 Å². The number of ketones is 1. The molecule has 0 N–H and O–H groups in total. The highest BCUT2D eigenvalue weighted by molar-refractivity contribution is 9.10. The van der Waals surface area contributed by atoms with Gasteiger partial charge in [0.05, 0.1) is 4.83 Å². The number of carbonyl (C=O) groups is 1. The van der Waals surface area contributed by atoms with Gasteiger partial charge < -0.3 is 0 Å². The summed E-state index contributed by atoms with van der Waals surface area (Å²) in [5, 5.41) is 0. The van der Waals surface area contributed by atoms with Crippen LogP contribution < -0.4 is 0 Å². The van der Waals surface area contributed by atoms with Crippen LogP contribution in [0.4, 0.5) is 0 Å². The minimum absolute atomic E-state index is 0.131. The van der Waals surface area contributed by atoms with E-state index in [0.29, 0.717) is 0 Å². The second-order valence-corrected chi connectivity index (χ2v) is 5.32. The molecule has 1 nitrogen and oxygen atoms in total. The standard InChI is InChI=1S/C16H15BrO/c1-12(13-8-4-2-5-9-13)15(17)16(18)14-10-6-3-7-11-14/h2-12,15H,1H3.